The third kappa shape index (κ3) is 2.95. The molecule has 0 aromatic heterocycles. The van der Waals surface area contributed by atoms with Crippen LogP contribution in [0.1, 0.15) is 27.7 Å². The molecule has 0 aromatic rings. The highest BCUT2D eigenvalue weighted by molar-refractivity contribution is 5.85. The molecule has 1 aliphatic heterocycles. The summed E-state index contributed by atoms with van der Waals surface area (Å²) < 4.78 is 0. The quantitative estimate of drug-likeness (QED) is 0.764. The number of rotatable bonds is 3. The van der Waals surface area contributed by atoms with E-state index in [-0.39, 0.29) is 5.91 Å². The summed E-state index contributed by atoms with van der Waals surface area (Å²) in [5, 5.41) is 3.24. The topological polar surface area (TPSA) is 35.6 Å². The Kier molecular flexibility index (Phi) is 4.33. The van der Waals surface area contributed by atoms with E-state index in [1.807, 2.05) is 25.7 Å². The van der Waals surface area contributed by atoms with E-state index >= 15 is 0 Å². The van der Waals surface area contributed by atoms with Crippen LogP contribution in [0.2, 0.25) is 0 Å². The molecule has 0 aromatic carbocycles. The molecule has 0 saturated carbocycles. The molecule has 1 rings (SSSR count). The Morgan fingerprint density at radius 3 is 2.56 bits per heavy atom. The van der Waals surface area contributed by atoms with E-state index in [1.54, 1.807) is 0 Å². The summed E-state index contributed by atoms with van der Waals surface area (Å²) in [6.07, 6.45) is 0. The van der Waals surface area contributed by atoms with Crippen molar-refractivity contribution in [1.82, 2.24) is 15.1 Å². The molecule has 1 heterocycles. The summed E-state index contributed by atoms with van der Waals surface area (Å²) in [6, 6.07) is 0.454. The van der Waals surface area contributed by atoms with Gasteiger partial charge in [-0.2, -0.15) is 0 Å². The molecule has 4 heteroatoms. The molecule has 1 aliphatic rings. The first kappa shape index (κ1) is 13.5. The number of nitrogens with zero attached hydrogens (tertiary/aromatic N) is 2. The van der Waals surface area contributed by atoms with Gasteiger partial charge in [0.2, 0.25) is 5.91 Å². The number of nitrogens with one attached hydrogen (secondary N) is 1. The number of hydrogen-bond donors (Lipinski definition) is 1. The maximum Gasteiger partial charge on any atom is 0.242 e. The van der Waals surface area contributed by atoms with Crippen molar-refractivity contribution in [1.29, 1.82) is 0 Å². The molecule has 0 bridgehead atoms. The SMILES string of the molecule is CCNC(C)(C)C(=O)N1CCN(C)C(C)C1. The Morgan fingerprint density at radius 1 is 1.44 bits per heavy atom. The molecule has 16 heavy (non-hydrogen) atoms. The van der Waals surface area contributed by atoms with E-state index < -0.39 is 5.54 Å². The lowest BCUT2D eigenvalue weighted by molar-refractivity contribution is -0.139. The molecule has 1 saturated heterocycles. The molecule has 4 nitrogen and oxygen atoms in total. The third-order valence-corrected chi connectivity index (χ3v) is 3.40. The van der Waals surface area contributed by atoms with Crippen molar-refractivity contribution >= 4 is 5.91 Å². The van der Waals surface area contributed by atoms with Crippen LogP contribution in [0.15, 0.2) is 0 Å². The zero-order valence-electron chi connectivity index (χ0n) is 11.2. The average molecular weight is 227 g/mol. The second kappa shape index (κ2) is 5.15. The van der Waals surface area contributed by atoms with Gasteiger partial charge in [0.1, 0.15) is 0 Å². The van der Waals surface area contributed by atoms with Crippen LogP contribution in [-0.2, 0) is 4.79 Å². The van der Waals surface area contributed by atoms with Gasteiger partial charge in [0.05, 0.1) is 5.54 Å². The molecule has 0 radical (unpaired) electrons. The van der Waals surface area contributed by atoms with Crippen molar-refractivity contribution in [2.45, 2.75) is 39.3 Å². The monoisotopic (exact) mass is 227 g/mol. The fourth-order valence-corrected chi connectivity index (χ4v) is 2.15. The predicted octanol–water partition coefficient (Wildman–Crippen LogP) is 0.537. The van der Waals surface area contributed by atoms with Crippen molar-refractivity contribution < 1.29 is 4.79 Å². The number of carbonyl (C=O) groups is 1. The number of likely N-dealkylation sites (N-methyl/N-ethyl adjacent to an activating group) is 2. The van der Waals surface area contributed by atoms with E-state index in [0.717, 1.165) is 26.2 Å². The fourth-order valence-electron chi connectivity index (χ4n) is 2.15. The van der Waals surface area contributed by atoms with E-state index in [1.165, 1.54) is 0 Å². The van der Waals surface area contributed by atoms with Crippen LogP contribution >= 0.6 is 0 Å². The van der Waals surface area contributed by atoms with Crippen molar-refractivity contribution in [3.05, 3.63) is 0 Å². The van der Waals surface area contributed by atoms with Crippen molar-refractivity contribution in [2.24, 2.45) is 0 Å². The first-order valence-electron chi connectivity index (χ1n) is 6.13. The van der Waals surface area contributed by atoms with Gasteiger partial charge < -0.3 is 15.1 Å². The number of hydrogen-bond acceptors (Lipinski definition) is 3. The highest BCUT2D eigenvalue weighted by atomic mass is 16.2. The fraction of sp³-hybridized carbons (Fsp3) is 0.917. The lowest BCUT2D eigenvalue weighted by Gasteiger charge is -2.41. The minimum absolute atomic E-state index is 0.217. The number of amides is 1. The van der Waals surface area contributed by atoms with Crippen LogP contribution < -0.4 is 5.32 Å². The normalized spacial score (nSPS) is 23.6. The van der Waals surface area contributed by atoms with E-state index in [4.69, 9.17) is 0 Å². The predicted molar refractivity (Wildman–Crippen MR) is 66.4 cm³/mol. The van der Waals surface area contributed by atoms with Gasteiger partial charge in [0, 0.05) is 25.7 Å². The van der Waals surface area contributed by atoms with Crippen molar-refractivity contribution in [3.63, 3.8) is 0 Å². The largest absolute Gasteiger partial charge is 0.338 e. The van der Waals surface area contributed by atoms with Gasteiger partial charge in [-0.1, -0.05) is 6.92 Å². The van der Waals surface area contributed by atoms with Crippen LogP contribution in [0.4, 0.5) is 0 Å². The zero-order chi connectivity index (χ0) is 12.3. The van der Waals surface area contributed by atoms with Crippen LogP contribution in [0.3, 0.4) is 0 Å². The summed E-state index contributed by atoms with van der Waals surface area (Å²) in [7, 11) is 2.11. The Morgan fingerprint density at radius 2 is 2.06 bits per heavy atom. The van der Waals surface area contributed by atoms with Gasteiger partial charge in [-0.25, -0.2) is 0 Å². The maximum absolute atomic E-state index is 12.3. The zero-order valence-corrected chi connectivity index (χ0v) is 11.2. The second-order valence-corrected chi connectivity index (χ2v) is 5.24. The molecule has 94 valence electrons. The minimum Gasteiger partial charge on any atom is -0.338 e. The summed E-state index contributed by atoms with van der Waals surface area (Å²) in [6.45, 7) is 11.6. The van der Waals surface area contributed by atoms with Crippen LogP contribution in [0.25, 0.3) is 0 Å². The first-order chi connectivity index (χ1) is 7.38. The van der Waals surface area contributed by atoms with Crippen LogP contribution in [-0.4, -0.2) is 60.5 Å². The summed E-state index contributed by atoms with van der Waals surface area (Å²) in [5.41, 5.74) is -0.440. The van der Waals surface area contributed by atoms with Gasteiger partial charge in [-0.3, -0.25) is 4.79 Å². The van der Waals surface area contributed by atoms with Gasteiger partial charge in [0.25, 0.3) is 0 Å². The number of carbonyl (C=O) groups excluding carboxylic acids is 1. The smallest absolute Gasteiger partial charge is 0.242 e. The van der Waals surface area contributed by atoms with Crippen molar-refractivity contribution in [3.8, 4) is 0 Å². The van der Waals surface area contributed by atoms with Crippen molar-refractivity contribution in [2.75, 3.05) is 33.2 Å². The Hall–Kier alpha value is -0.610. The molecule has 1 fully saturated rings. The highest BCUT2D eigenvalue weighted by Crippen LogP contribution is 2.13. The lowest BCUT2D eigenvalue weighted by atomic mass is 10.0. The Balaban J connectivity index is 2.61. The molecule has 1 N–H and O–H groups in total. The number of piperazine rings is 1. The molecule has 0 spiro atoms. The Labute approximate surface area is 99.0 Å². The standard InChI is InChI=1S/C12H25N3O/c1-6-13-12(3,4)11(16)15-8-7-14(5)10(2)9-15/h10,13H,6-9H2,1-5H3. The summed E-state index contributed by atoms with van der Waals surface area (Å²) in [5.74, 6) is 0.217. The van der Waals surface area contributed by atoms with Gasteiger partial charge in [0.15, 0.2) is 0 Å². The maximum atomic E-state index is 12.3. The average Bonchev–Trinajstić information content (AvgIpc) is 2.21. The molecule has 1 atom stereocenters. The summed E-state index contributed by atoms with van der Waals surface area (Å²) in [4.78, 5) is 16.6. The molecular formula is C12H25N3O. The van der Waals surface area contributed by atoms with Crippen LogP contribution in [0.5, 0.6) is 0 Å². The molecule has 0 aliphatic carbocycles. The Bertz CT molecular complexity index is 253. The highest BCUT2D eigenvalue weighted by Gasteiger charge is 2.33. The second-order valence-electron chi connectivity index (χ2n) is 5.24. The third-order valence-electron chi connectivity index (χ3n) is 3.40. The molecule has 1 amide bonds. The molecular weight excluding hydrogens is 202 g/mol. The lowest BCUT2D eigenvalue weighted by Crippen LogP contribution is -2.60. The molecule has 1 unspecified atom stereocenters. The first-order valence-corrected chi connectivity index (χ1v) is 6.13. The summed E-state index contributed by atoms with van der Waals surface area (Å²) >= 11 is 0. The van der Waals surface area contributed by atoms with Crippen LogP contribution in [0, 0.1) is 0 Å². The van der Waals surface area contributed by atoms with Gasteiger partial charge in [-0.15, -0.1) is 0 Å². The van der Waals surface area contributed by atoms with Gasteiger partial charge in [-0.05, 0) is 34.4 Å². The van der Waals surface area contributed by atoms with E-state index in [9.17, 15) is 4.79 Å². The van der Waals surface area contributed by atoms with E-state index in [0.29, 0.717) is 6.04 Å². The minimum atomic E-state index is -0.440. The van der Waals surface area contributed by atoms with E-state index in [2.05, 4.69) is 24.2 Å². The van der Waals surface area contributed by atoms with Gasteiger partial charge >= 0.3 is 0 Å².